The van der Waals surface area contributed by atoms with Crippen LogP contribution in [0, 0.1) is 0 Å². The average molecular weight is 346 g/mol. The van der Waals surface area contributed by atoms with Crippen LogP contribution in [0.3, 0.4) is 0 Å². The van der Waals surface area contributed by atoms with Gasteiger partial charge in [-0.3, -0.25) is 0 Å². The minimum absolute atomic E-state index is 0.0250. The summed E-state index contributed by atoms with van der Waals surface area (Å²) in [5.74, 6) is 0. The monoisotopic (exact) mass is 345 g/mol. The van der Waals surface area contributed by atoms with Crippen molar-refractivity contribution < 1.29 is 26.7 Å². The van der Waals surface area contributed by atoms with Gasteiger partial charge < -0.3 is 5.11 Å². The molecule has 0 saturated carbocycles. The molecular formula is C12H15ClF3NO3S. The molecule has 0 bridgehead atoms. The van der Waals surface area contributed by atoms with Crippen molar-refractivity contribution in [2.45, 2.75) is 36.9 Å². The molecule has 1 unspecified atom stereocenters. The first-order valence-corrected chi connectivity index (χ1v) is 7.94. The molecule has 2 N–H and O–H groups in total. The van der Waals surface area contributed by atoms with E-state index in [4.69, 9.17) is 16.7 Å². The van der Waals surface area contributed by atoms with Gasteiger partial charge in [-0.1, -0.05) is 11.6 Å². The number of sulfonamides is 1. The Morgan fingerprint density at radius 3 is 2.52 bits per heavy atom. The smallest absolute Gasteiger partial charge is 0.393 e. The van der Waals surface area contributed by atoms with Gasteiger partial charge in [-0.25, -0.2) is 13.1 Å². The van der Waals surface area contributed by atoms with E-state index in [1.165, 1.54) is 0 Å². The number of hydrogen-bond acceptors (Lipinski definition) is 3. The molecule has 1 aromatic rings. The molecule has 0 heterocycles. The fourth-order valence-electron chi connectivity index (χ4n) is 1.58. The van der Waals surface area contributed by atoms with E-state index in [1.807, 2.05) is 0 Å². The van der Waals surface area contributed by atoms with Crippen LogP contribution in [0.25, 0.3) is 0 Å². The van der Waals surface area contributed by atoms with Crippen LogP contribution in [-0.4, -0.2) is 26.2 Å². The van der Waals surface area contributed by atoms with Gasteiger partial charge in [0.1, 0.15) is 0 Å². The van der Waals surface area contributed by atoms with Crippen molar-refractivity contribution in [1.82, 2.24) is 4.72 Å². The number of benzene rings is 1. The number of halogens is 4. The van der Waals surface area contributed by atoms with E-state index in [0.717, 1.165) is 12.1 Å². The van der Waals surface area contributed by atoms with Crippen LogP contribution in [-0.2, 0) is 16.2 Å². The Hall–Kier alpha value is -0.830. The number of alkyl halides is 3. The van der Waals surface area contributed by atoms with Crippen LogP contribution in [0.5, 0.6) is 0 Å². The van der Waals surface area contributed by atoms with E-state index in [-0.39, 0.29) is 6.54 Å². The Kier molecular flexibility index (Phi) is 6.03. The van der Waals surface area contributed by atoms with Crippen molar-refractivity contribution in [3.8, 4) is 0 Å². The minimum Gasteiger partial charge on any atom is -0.393 e. The zero-order chi connectivity index (χ0) is 16.3. The van der Waals surface area contributed by atoms with Crippen LogP contribution in [0.1, 0.15) is 25.3 Å². The molecule has 0 aromatic heterocycles. The normalized spacial score (nSPS) is 14.2. The zero-order valence-corrected chi connectivity index (χ0v) is 12.7. The van der Waals surface area contributed by atoms with E-state index >= 15 is 0 Å². The highest BCUT2D eigenvalue weighted by Crippen LogP contribution is 2.35. The Bertz CT molecular complexity index is 588. The summed E-state index contributed by atoms with van der Waals surface area (Å²) in [5.41, 5.74) is -1.20. The summed E-state index contributed by atoms with van der Waals surface area (Å²) in [4.78, 5) is -0.503. The van der Waals surface area contributed by atoms with E-state index in [1.54, 1.807) is 6.92 Å². The summed E-state index contributed by atoms with van der Waals surface area (Å²) in [7, 11) is -4.05. The van der Waals surface area contributed by atoms with Gasteiger partial charge in [-0.15, -0.1) is 0 Å². The van der Waals surface area contributed by atoms with Gasteiger partial charge in [0.15, 0.2) is 0 Å². The fourth-order valence-corrected chi connectivity index (χ4v) is 2.90. The van der Waals surface area contributed by atoms with E-state index in [2.05, 4.69) is 4.72 Å². The molecule has 4 nitrogen and oxygen atoms in total. The third kappa shape index (κ3) is 5.46. The molecule has 0 spiro atoms. The molecule has 0 amide bonds. The molecule has 0 radical (unpaired) electrons. The summed E-state index contributed by atoms with van der Waals surface area (Å²) >= 11 is 5.43. The lowest BCUT2D eigenvalue weighted by Crippen LogP contribution is -2.25. The number of rotatable bonds is 6. The molecular weight excluding hydrogens is 331 g/mol. The lowest BCUT2D eigenvalue weighted by molar-refractivity contribution is -0.137. The van der Waals surface area contributed by atoms with E-state index in [9.17, 15) is 21.6 Å². The first-order chi connectivity index (χ1) is 9.54. The third-order valence-corrected chi connectivity index (χ3v) is 4.43. The molecule has 0 aliphatic carbocycles. The van der Waals surface area contributed by atoms with Crippen LogP contribution in [0.4, 0.5) is 13.2 Å². The SMILES string of the molecule is CC(O)CCCNS(=O)(=O)c1ccc(Cl)c(C(F)(F)F)c1. The molecule has 120 valence electrons. The van der Waals surface area contributed by atoms with Gasteiger partial charge in [-0.2, -0.15) is 13.2 Å². The highest BCUT2D eigenvalue weighted by Gasteiger charge is 2.34. The van der Waals surface area contributed by atoms with Crippen LogP contribution in [0.2, 0.25) is 5.02 Å². The predicted molar refractivity (Wildman–Crippen MR) is 72.6 cm³/mol. The van der Waals surface area contributed by atoms with Gasteiger partial charge >= 0.3 is 6.18 Å². The third-order valence-electron chi connectivity index (χ3n) is 2.64. The lowest BCUT2D eigenvalue weighted by Gasteiger charge is -2.12. The van der Waals surface area contributed by atoms with Gasteiger partial charge in [0.2, 0.25) is 10.0 Å². The van der Waals surface area contributed by atoms with Crippen LogP contribution < -0.4 is 4.72 Å². The van der Waals surface area contributed by atoms with Crippen molar-refractivity contribution in [2.75, 3.05) is 6.54 Å². The van der Waals surface area contributed by atoms with E-state index in [0.29, 0.717) is 18.9 Å². The number of nitrogens with one attached hydrogen (secondary N) is 1. The molecule has 9 heteroatoms. The summed E-state index contributed by atoms with van der Waals surface area (Å²) < 4.78 is 64.0. The molecule has 21 heavy (non-hydrogen) atoms. The van der Waals surface area contributed by atoms with Crippen molar-refractivity contribution in [2.24, 2.45) is 0 Å². The minimum atomic E-state index is -4.73. The second-order valence-electron chi connectivity index (χ2n) is 4.53. The standard InChI is InChI=1S/C12H15ClF3NO3S/c1-8(18)3-2-6-17-21(19,20)9-4-5-11(13)10(7-9)12(14,15)16/h4-5,7-8,17-18H,2-3,6H2,1H3. The van der Waals surface area contributed by atoms with E-state index < -0.39 is 37.8 Å². The first-order valence-electron chi connectivity index (χ1n) is 6.08. The Morgan fingerprint density at radius 1 is 1.38 bits per heavy atom. The lowest BCUT2D eigenvalue weighted by atomic mass is 10.2. The number of aliphatic hydroxyl groups is 1. The Labute approximate surface area is 126 Å². The van der Waals surface area contributed by atoms with Crippen LogP contribution in [0.15, 0.2) is 23.1 Å². The zero-order valence-electron chi connectivity index (χ0n) is 11.1. The molecule has 1 aromatic carbocycles. The first kappa shape index (κ1) is 18.2. The molecule has 0 saturated heterocycles. The van der Waals surface area contributed by atoms with Crippen molar-refractivity contribution >= 4 is 21.6 Å². The van der Waals surface area contributed by atoms with Crippen molar-refractivity contribution in [3.63, 3.8) is 0 Å². The number of hydrogen-bond donors (Lipinski definition) is 2. The largest absolute Gasteiger partial charge is 0.417 e. The Balaban J connectivity index is 2.89. The number of aliphatic hydroxyl groups excluding tert-OH is 1. The van der Waals surface area contributed by atoms with Crippen LogP contribution >= 0.6 is 11.6 Å². The molecule has 0 aliphatic heterocycles. The Morgan fingerprint density at radius 2 is 2.00 bits per heavy atom. The summed E-state index contributed by atoms with van der Waals surface area (Å²) in [6.07, 6.45) is -4.54. The summed E-state index contributed by atoms with van der Waals surface area (Å²) in [6.45, 7) is 1.58. The van der Waals surface area contributed by atoms with Crippen molar-refractivity contribution in [3.05, 3.63) is 28.8 Å². The maximum Gasteiger partial charge on any atom is 0.417 e. The summed E-state index contributed by atoms with van der Waals surface area (Å²) in [6, 6.07) is 2.41. The highest BCUT2D eigenvalue weighted by atomic mass is 35.5. The molecule has 0 fully saturated rings. The predicted octanol–water partition coefficient (Wildman–Crippen LogP) is 2.80. The molecule has 0 aliphatic rings. The molecule has 1 atom stereocenters. The quantitative estimate of drug-likeness (QED) is 0.779. The summed E-state index contributed by atoms with van der Waals surface area (Å²) in [5, 5.41) is 8.48. The average Bonchev–Trinajstić information content (AvgIpc) is 2.33. The van der Waals surface area contributed by atoms with Gasteiger partial charge in [-0.05, 0) is 38.0 Å². The maximum atomic E-state index is 12.7. The topological polar surface area (TPSA) is 66.4 Å². The second-order valence-corrected chi connectivity index (χ2v) is 6.70. The van der Waals surface area contributed by atoms with Gasteiger partial charge in [0.05, 0.1) is 21.6 Å². The highest BCUT2D eigenvalue weighted by molar-refractivity contribution is 7.89. The maximum absolute atomic E-state index is 12.7. The second kappa shape index (κ2) is 6.95. The van der Waals surface area contributed by atoms with Gasteiger partial charge in [0.25, 0.3) is 0 Å². The fraction of sp³-hybridized carbons (Fsp3) is 0.500. The van der Waals surface area contributed by atoms with Gasteiger partial charge in [0, 0.05) is 6.54 Å². The van der Waals surface area contributed by atoms with Crippen molar-refractivity contribution in [1.29, 1.82) is 0 Å². The molecule has 1 rings (SSSR count).